The summed E-state index contributed by atoms with van der Waals surface area (Å²) in [5.41, 5.74) is 7.47. The number of amides is 2. The number of anilines is 1. The Hall–Kier alpha value is -2.04. The lowest BCUT2D eigenvalue weighted by Gasteiger charge is -2.11. The normalized spacial score (nSPS) is 9.89. The van der Waals surface area contributed by atoms with E-state index in [1.165, 1.54) is 0 Å². The molecule has 1 aromatic carbocycles. The van der Waals surface area contributed by atoms with Crippen molar-refractivity contribution in [2.45, 2.75) is 20.3 Å². The van der Waals surface area contributed by atoms with Crippen LogP contribution in [0.1, 0.15) is 29.3 Å². The number of rotatable bonds is 6. The number of carbonyl (C=O) groups is 2. The molecular formula is C13H19N3O2. The first-order valence-electron chi connectivity index (χ1n) is 5.95. The highest BCUT2D eigenvalue weighted by atomic mass is 16.2. The monoisotopic (exact) mass is 249 g/mol. The number of nitrogens with one attached hydrogen (secondary N) is 2. The van der Waals surface area contributed by atoms with Gasteiger partial charge in [0.05, 0.1) is 5.56 Å². The Kier molecular flexibility index (Phi) is 5.17. The highest BCUT2D eigenvalue weighted by Gasteiger charge is 2.10. The molecule has 1 rings (SSSR count). The molecule has 5 nitrogen and oxygen atoms in total. The van der Waals surface area contributed by atoms with E-state index < -0.39 is 5.91 Å². The third kappa shape index (κ3) is 4.08. The van der Waals surface area contributed by atoms with Crippen molar-refractivity contribution in [1.29, 1.82) is 0 Å². The maximum absolute atomic E-state index is 11.9. The molecule has 0 aliphatic heterocycles. The molecule has 5 heteroatoms. The summed E-state index contributed by atoms with van der Waals surface area (Å²) in [6.07, 6.45) is 0.147. The highest BCUT2D eigenvalue weighted by molar-refractivity contribution is 5.99. The zero-order chi connectivity index (χ0) is 13.5. The van der Waals surface area contributed by atoms with E-state index in [1.54, 1.807) is 6.07 Å². The molecule has 0 aromatic heterocycles. The molecule has 0 aliphatic rings. The molecule has 0 unspecified atom stereocenters. The van der Waals surface area contributed by atoms with E-state index >= 15 is 0 Å². The van der Waals surface area contributed by atoms with Crippen LogP contribution in [0.5, 0.6) is 0 Å². The quantitative estimate of drug-likeness (QED) is 0.704. The Morgan fingerprint density at radius 3 is 2.67 bits per heavy atom. The van der Waals surface area contributed by atoms with Gasteiger partial charge in [-0.05, 0) is 31.5 Å². The lowest BCUT2D eigenvalue weighted by atomic mass is 10.1. The van der Waals surface area contributed by atoms with Gasteiger partial charge in [0.1, 0.15) is 0 Å². The van der Waals surface area contributed by atoms with Crippen molar-refractivity contribution >= 4 is 17.5 Å². The van der Waals surface area contributed by atoms with Gasteiger partial charge in [-0.3, -0.25) is 9.59 Å². The second-order valence-corrected chi connectivity index (χ2v) is 4.05. The lowest BCUT2D eigenvalue weighted by molar-refractivity contribution is -0.117. The van der Waals surface area contributed by atoms with E-state index in [4.69, 9.17) is 5.73 Å². The van der Waals surface area contributed by atoms with Crippen LogP contribution in [0.4, 0.5) is 5.69 Å². The minimum atomic E-state index is -0.425. The largest absolute Gasteiger partial charge is 0.385 e. The highest BCUT2D eigenvalue weighted by Crippen LogP contribution is 2.17. The lowest BCUT2D eigenvalue weighted by Crippen LogP contribution is -2.28. The molecule has 4 N–H and O–H groups in total. The first-order valence-corrected chi connectivity index (χ1v) is 5.95. The third-order valence-corrected chi connectivity index (χ3v) is 2.44. The van der Waals surface area contributed by atoms with Crippen LogP contribution in [0, 0.1) is 6.92 Å². The first kappa shape index (κ1) is 14.0. The van der Waals surface area contributed by atoms with Gasteiger partial charge in [0, 0.05) is 25.2 Å². The fraction of sp³-hybridized carbons (Fsp3) is 0.385. The average Bonchev–Trinajstić information content (AvgIpc) is 2.29. The van der Waals surface area contributed by atoms with Crippen LogP contribution in [-0.2, 0) is 4.79 Å². The summed E-state index contributed by atoms with van der Waals surface area (Å²) >= 11 is 0. The molecule has 2 amide bonds. The first-order chi connectivity index (χ1) is 8.54. The molecule has 0 bridgehead atoms. The van der Waals surface area contributed by atoms with Gasteiger partial charge >= 0.3 is 0 Å². The van der Waals surface area contributed by atoms with Gasteiger partial charge in [-0.15, -0.1) is 0 Å². The van der Waals surface area contributed by atoms with Gasteiger partial charge in [0.25, 0.3) is 5.91 Å². The maximum Gasteiger partial charge on any atom is 0.253 e. The fourth-order valence-electron chi connectivity index (χ4n) is 1.59. The Labute approximate surface area is 107 Å². The van der Waals surface area contributed by atoms with Crippen LogP contribution in [0.3, 0.4) is 0 Å². The zero-order valence-corrected chi connectivity index (χ0v) is 10.7. The van der Waals surface area contributed by atoms with Crippen molar-refractivity contribution < 1.29 is 9.59 Å². The van der Waals surface area contributed by atoms with E-state index in [0.717, 1.165) is 17.8 Å². The topological polar surface area (TPSA) is 84.2 Å². The standard InChI is InChI=1S/C13H19N3O2/c1-3-15-11-8-9(2)4-5-10(11)13(18)16-7-6-12(14)17/h4-5,8,15H,3,6-7H2,1-2H3,(H2,14,17)(H,16,18). The molecule has 0 heterocycles. The van der Waals surface area contributed by atoms with E-state index in [1.807, 2.05) is 26.0 Å². The van der Waals surface area contributed by atoms with Crippen LogP contribution >= 0.6 is 0 Å². The minimum Gasteiger partial charge on any atom is -0.385 e. The van der Waals surface area contributed by atoms with Gasteiger partial charge in [0.2, 0.25) is 5.91 Å². The van der Waals surface area contributed by atoms with Crippen molar-refractivity contribution in [3.05, 3.63) is 29.3 Å². The summed E-state index contributed by atoms with van der Waals surface area (Å²) in [6.45, 7) is 4.94. The summed E-state index contributed by atoms with van der Waals surface area (Å²) in [4.78, 5) is 22.5. The number of primary amides is 1. The van der Waals surface area contributed by atoms with Crippen molar-refractivity contribution in [2.75, 3.05) is 18.4 Å². The summed E-state index contributed by atoms with van der Waals surface area (Å²) in [5.74, 6) is -0.627. The van der Waals surface area contributed by atoms with E-state index in [2.05, 4.69) is 10.6 Å². The minimum absolute atomic E-state index is 0.147. The molecule has 0 saturated carbocycles. The zero-order valence-electron chi connectivity index (χ0n) is 10.7. The molecular weight excluding hydrogens is 230 g/mol. The predicted octanol–water partition coefficient (Wildman–Crippen LogP) is 1.03. The Morgan fingerprint density at radius 2 is 2.06 bits per heavy atom. The van der Waals surface area contributed by atoms with Crippen molar-refractivity contribution in [1.82, 2.24) is 5.32 Å². The van der Waals surface area contributed by atoms with Crippen LogP contribution < -0.4 is 16.4 Å². The Balaban J connectivity index is 2.74. The molecule has 0 aliphatic carbocycles. The second-order valence-electron chi connectivity index (χ2n) is 4.05. The summed E-state index contributed by atoms with van der Waals surface area (Å²) in [6, 6.07) is 5.57. The summed E-state index contributed by atoms with van der Waals surface area (Å²) in [5, 5.41) is 5.81. The van der Waals surface area contributed by atoms with Gasteiger partial charge in [0.15, 0.2) is 0 Å². The van der Waals surface area contributed by atoms with Gasteiger partial charge < -0.3 is 16.4 Å². The summed E-state index contributed by atoms with van der Waals surface area (Å²) in [7, 11) is 0. The number of benzene rings is 1. The second kappa shape index (κ2) is 6.64. The number of carbonyl (C=O) groups excluding carboxylic acids is 2. The SMILES string of the molecule is CCNc1cc(C)ccc1C(=O)NCCC(N)=O. The number of hydrogen-bond acceptors (Lipinski definition) is 3. The van der Waals surface area contributed by atoms with E-state index in [9.17, 15) is 9.59 Å². The molecule has 0 radical (unpaired) electrons. The molecule has 1 aromatic rings. The van der Waals surface area contributed by atoms with Crippen LogP contribution in [-0.4, -0.2) is 24.9 Å². The van der Waals surface area contributed by atoms with Gasteiger partial charge in [-0.2, -0.15) is 0 Å². The van der Waals surface area contributed by atoms with Crippen LogP contribution in [0.2, 0.25) is 0 Å². The maximum atomic E-state index is 11.9. The van der Waals surface area contributed by atoms with Crippen LogP contribution in [0.25, 0.3) is 0 Å². The molecule has 0 spiro atoms. The van der Waals surface area contributed by atoms with Crippen molar-refractivity contribution in [2.24, 2.45) is 5.73 Å². The smallest absolute Gasteiger partial charge is 0.253 e. The molecule has 0 saturated heterocycles. The molecule has 0 atom stereocenters. The van der Waals surface area contributed by atoms with Crippen molar-refractivity contribution in [3.8, 4) is 0 Å². The summed E-state index contributed by atoms with van der Waals surface area (Å²) < 4.78 is 0. The van der Waals surface area contributed by atoms with Gasteiger partial charge in [-0.1, -0.05) is 6.07 Å². The predicted molar refractivity (Wildman–Crippen MR) is 71.5 cm³/mol. The average molecular weight is 249 g/mol. The molecule has 98 valence electrons. The van der Waals surface area contributed by atoms with Crippen LogP contribution in [0.15, 0.2) is 18.2 Å². The Morgan fingerprint density at radius 1 is 1.33 bits per heavy atom. The number of hydrogen-bond donors (Lipinski definition) is 3. The van der Waals surface area contributed by atoms with Gasteiger partial charge in [-0.25, -0.2) is 0 Å². The third-order valence-electron chi connectivity index (χ3n) is 2.44. The van der Waals surface area contributed by atoms with E-state index in [0.29, 0.717) is 5.56 Å². The van der Waals surface area contributed by atoms with Crippen molar-refractivity contribution in [3.63, 3.8) is 0 Å². The Bertz CT molecular complexity index is 444. The molecule has 0 fully saturated rings. The molecule has 18 heavy (non-hydrogen) atoms. The fourth-order valence-corrected chi connectivity index (χ4v) is 1.59. The van der Waals surface area contributed by atoms with E-state index in [-0.39, 0.29) is 18.9 Å². The number of aryl methyl sites for hydroxylation is 1. The number of nitrogens with two attached hydrogens (primary N) is 1.